The highest BCUT2D eigenvalue weighted by atomic mass is 35.5. The van der Waals surface area contributed by atoms with Gasteiger partial charge in [0.25, 0.3) is 0 Å². The van der Waals surface area contributed by atoms with E-state index in [9.17, 15) is 4.79 Å². The standard InChI is InChI=1S/C11H16ClN3O3/c1-4-13-11(12)14-8(2)15-5-6-18-7-9(15)10(16)17-3/h4,9H,1,5-7H2,2-3H3/b13-11-,14-8+. The van der Waals surface area contributed by atoms with Crippen LogP contribution in [-0.4, -0.2) is 54.9 Å². The van der Waals surface area contributed by atoms with Crippen LogP contribution < -0.4 is 0 Å². The Bertz CT molecular complexity index is 382. The first-order valence-electron chi connectivity index (χ1n) is 5.42. The summed E-state index contributed by atoms with van der Waals surface area (Å²) in [7, 11) is 1.34. The molecule has 1 rings (SSSR count). The molecule has 1 aliphatic rings. The first-order valence-corrected chi connectivity index (χ1v) is 5.79. The van der Waals surface area contributed by atoms with Gasteiger partial charge in [-0.2, -0.15) is 0 Å². The zero-order valence-corrected chi connectivity index (χ0v) is 11.2. The number of esters is 1. The molecule has 1 saturated heterocycles. The summed E-state index contributed by atoms with van der Waals surface area (Å²) < 4.78 is 9.99. The number of hydrogen-bond acceptors (Lipinski definition) is 4. The fourth-order valence-electron chi connectivity index (χ4n) is 1.62. The maximum Gasteiger partial charge on any atom is 0.330 e. The van der Waals surface area contributed by atoms with Gasteiger partial charge in [0.1, 0.15) is 5.84 Å². The van der Waals surface area contributed by atoms with Gasteiger partial charge < -0.3 is 14.4 Å². The Labute approximate surface area is 111 Å². The van der Waals surface area contributed by atoms with Crippen LogP contribution in [0, 0.1) is 0 Å². The van der Waals surface area contributed by atoms with E-state index in [1.807, 2.05) is 0 Å². The molecule has 0 amide bonds. The van der Waals surface area contributed by atoms with E-state index in [4.69, 9.17) is 21.1 Å². The van der Waals surface area contributed by atoms with Gasteiger partial charge in [0.05, 0.1) is 20.3 Å². The van der Waals surface area contributed by atoms with Gasteiger partial charge in [-0.1, -0.05) is 6.58 Å². The summed E-state index contributed by atoms with van der Waals surface area (Å²) in [6.45, 7) is 6.53. The van der Waals surface area contributed by atoms with Gasteiger partial charge in [0, 0.05) is 12.7 Å². The number of nitrogens with zero attached hydrogens (tertiary/aromatic N) is 3. The highest BCUT2D eigenvalue weighted by Gasteiger charge is 2.31. The van der Waals surface area contributed by atoms with Crippen LogP contribution in [-0.2, 0) is 14.3 Å². The zero-order valence-electron chi connectivity index (χ0n) is 10.4. The number of halogens is 1. The van der Waals surface area contributed by atoms with Crippen LogP contribution in [0.4, 0.5) is 0 Å². The van der Waals surface area contributed by atoms with Crippen LogP contribution in [0.25, 0.3) is 0 Å². The molecule has 0 bridgehead atoms. The number of hydrogen-bond donors (Lipinski definition) is 0. The minimum atomic E-state index is -0.499. The Kier molecular flexibility index (Phi) is 5.80. The second-order valence-corrected chi connectivity index (χ2v) is 3.89. The third-order valence-electron chi connectivity index (χ3n) is 2.47. The molecule has 0 aliphatic carbocycles. The summed E-state index contributed by atoms with van der Waals surface area (Å²) in [5, 5.41) is 0.0672. The second-order valence-electron chi connectivity index (χ2n) is 3.55. The summed E-state index contributed by atoms with van der Waals surface area (Å²) in [4.78, 5) is 21.2. The average Bonchev–Trinajstić information content (AvgIpc) is 2.38. The smallest absolute Gasteiger partial charge is 0.330 e. The Balaban J connectivity index is 2.86. The number of ether oxygens (including phenoxy) is 2. The Morgan fingerprint density at radius 1 is 1.67 bits per heavy atom. The quantitative estimate of drug-likeness (QED) is 0.326. The molecule has 1 aliphatic heterocycles. The SMILES string of the molecule is C=C/N=C(Cl)\N=C(/C)N1CCOCC1C(=O)OC. The van der Waals surface area contributed by atoms with Crippen molar-refractivity contribution in [3.05, 3.63) is 12.8 Å². The van der Waals surface area contributed by atoms with Gasteiger partial charge in [-0.3, -0.25) is 0 Å². The van der Waals surface area contributed by atoms with Gasteiger partial charge in [0.15, 0.2) is 6.04 Å². The molecule has 1 fully saturated rings. The van der Waals surface area contributed by atoms with E-state index < -0.39 is 6.04 Å². The lowest BCUT2D eigenvalue weighted by Gasteiger charge is -2.34. The predicted octanol–water partition coefficient (Wildman–Crippen LogP) is 1.02. The lowest BCUT2D eigenvalue weighted by atomic mass is 10.2. The van der Waals surface area contributed by atoms with Gasteiger partial charge in [0.2, 0.25) is 5.29 Å². The summed E-state index contributed by atoms with van der Waals surface area (Å²) in [5.74, 6) is 0.227. The second kappa shape index (κ2) is 7.13. The van der Waals surface area contributed by atoms with Crippen molar-refractivity contribution >= 4 is 28.7 Å². The summed E-state index contributed by atoms with van der Waals surface area (Å²) in [5.41, 5.74) is 0. The number of amidine groups is 2. The molecule has 7 heteroatoms. The van der Waals surface area contributed by atoms with E-state index in [1.54, 1.807) is 11.8 Å². The normalized spacial score (nSPS) is 21.7. The molecule has 100 valence electrons. The Hall–Kier alpha value is -1.40. The van der Waals surface area contributed by atoms with Crippen molar-refractivity contribution in [2.45, 2.75) is 13.0 Å². The Morgan fingerprint density at radius 3 is 3.00 bits per heavy atom. The first kappa shape index (κ1) is 14.7. The number of aliphatic imine (C=N–C) groups is 2. The zero-order chi connectivity index (χ0) is 13.5. The molecule has 6 nitrogen and oxygen atoms in total. The monoisotopic (exact) mass is 273 g/mol. The van der Waals surface area contributed by atoms with Crippen molar-refractivity contribution in [3.8, 4) is 0 Å². The summed E-state index contributed by atoms with van der Waals surface area (Å²) >= 11 is 5.77. The first-order chi connectivity index (χ1) is 8.60. The predicted molar refractivity (Wildman–Crippen MR) is 69.9 cm³/mol. The van der Waals surface area contributed by atoms with Gasteiger partial charge >= 0.3 is 5.97 Å². The summed E-state index contributed by atoms with van der Waals surface area (Å²) in [6, 6.07) is -0.499. The topological polar surface area (TPSA) is 63.5 Å². The fraction of sp³-hybridized carbons (Fsp3) is 0.545. The molecule has 0 N–H and O–H groups in total. The van der Waals surface area contributed by atoms with E-state index in [0.717, 1.165) is 0 Å². The minimum absolute atomic E-state index is 0.0672. The molecule has 1 unspecified atom stereocenters. The average molecular weight is 274 g/mol. The molecule has 0 aromatic carbocycles. The molecule has 0 saturated carbocycles. The Morgan fingerprint density at radius 2 is 2.39 bits per heavy atom. The van der Waals surface area contributed by atoms with Crippen LogP contribution >= 0.6 is 11.6 Å². The van der Waals surface area contributed by atoms with E-state index in [1.165, 1.54) is 13.3 Å². The van der Waals surface area contributed by atoms with Crippen LogP contribution in [0.1, 0.15) is 6.92 Å². The minimum Gasteiger partial charge on any atom is -0.467 e. The van der Waals surface area contributed by atoms with Crippen molar-refractivity contribution in [2.75, 3.05) is 26.9 Å². The largest absolute Gasteiger partial charge is 0.467 e. The molecule has 18 heavy (non-hydrogen) atoms. The van der Waals surface area contributed by atoms with Crippen LogP contribution in [0.5, 0.6) is 0 Å². The van der Waals surface area contributed by atoms with Crippen molar-refractivity contribution in [1.82, 2.24) is 4.90 Å². The highest BCUT2D eigenvalue weighted by Crippen LogP contribution is 2.10. The molecule has 1 heterocycles. The van der Waals surface area contributed by atoms with Crippen molar-refractivity contribution in [1.29, 1.82) is 0 Å². The maximum atomic E-state index is 11.6. The lowest BCUT2D eigenvalue weighted by molar-refractivity contribution is -0.150. The van der Waals surface area contributed by atoms with E-state index >= 15 is 0 Å². The van der Waals surface area contributed by atoms with Crippen molar-refractivity contribution in [3.63, 3.8) is 0 Å². The van der Waals surface area contributed by atoms with Crippen LogP contribution in [0.3, 0.4) is 0 Å². The van der Waals surface area contributed by atoms with Gasteiger partial charge in [-0.05, 0) is 18.5 Å². The van der Waals surface area contributed by atoms with Gasteiger partial charge in [-0.25, -0.2) is 14.8 Å². The van der Waals surface area contributed by atoms with E-state index in [0.29, 0.717) is 19.0 Å². The molecule has 0 spiro atoms. The third kappa shape index (κ3) is 3.82. The molecule has 1 atom stereocenters. The van der Waals surface area contributed by atoms with Crippen LogP contribution in [0.15, 0.2) is 22.8 Å². The number of morpholine rings is 1. The van der Waals surface area contributed by atoms with Gasteiger partial charge in [-0.15, -0.1) is 0 Å². The molecular formula is C11H16ClN3O3. The highest BCUT2D eigenvalue weighted by molar-refractivity contribution is 6.65. The summed E-state index contributed by atoms with van der Waals surface area (Å²) in [6.07, 6.45) is 1.30. The third-order valence-corrected chi connectivity index (χ3v) is 2.65. The number of rotatable bonds is 2. The maximum absolute atomic E-state index is 11.6. The van der Waals surface area contributed by atoms with Crippen LogP contribution in [0.2, 0.25) is 0 Å². The van der Waals surface area contributed by atoms with Crippen molar-refractivity contribution in [2.24, 2.45) is 9.98 Å². The van der Waals surface area contributed by atoms with E-state index in [2.05, 4.69) is 16.6 Å². The molecular weight excluding hydrogens is 258 g/mol. The van der Waals surface area contributed by atoms with E-state index in [-0.39, 0.29) is 17.9 Å². The lowest BCUT2D eigenvalue weighted by Crippen LogP contribution is -2.52. The molecule has 0 radical (unpaired) electrons. The van der Waals surface area contributed by atoms with Crippen molar-refractivity contribution < 1.29 is 14.3 Å². The molecule has 0 aromatic heterocycles. The number of carbonyl (C=O) groups is 1. The molecule has 0 aromatic rings. The number of methoxy groups -OCH3 is 1. The number of carbonyl (C=O) groups excluding carboxylic acids is 1. The fourth-order valence-corrected chi connectivity index (χ4v) is 1.82.